The predicted octanol–water partition coefficient (Wildman–Crippen LogP) is 0.258. The molecule has 0 spiro atoms. The van der Waals surface area contributed by atoms with Crippen molar-refractivity contribution in [1.29, 1.82) is 0 Å². The second-order valence-electron chi connectivity index (χ2n) is 2.72. The van der Waals surface area contributed by atoms with Crippen molar-refractivity contribution in [3.8, 4) is 0 Å². The van der Waals surface area contributed by atoms with Crippen LogP contribution >= 0.6 is 12.6 Å². The second kappa shape index (κ2) is 4.99. The summed E-state index contributed by atoms with van der Waals surface area (Å²) < 4.78 is 0. The highest BCUT2D eigenvalue weighted by atomic mass is 32.1. The smallest absolute Gasteiger partial charge is 0.0204 e. The van der Waals surface area contributed by atoms with Gasteiger partial charge in [-0.2, -0.15) is 12.6 Å². The Bertz CT molecular complexity index is 83.7. The first-order chi connectivity index (χ1) is 4.93. The van der Waals surface area contributed by atoms with Crippen molar-refractivity contribution in [2.75, 3.05) is 25.4 Å². The molecule has 1 saturated heterocycles. The Hall–Kier alpha value is 0.270. The maximum atomic E-state index is 4.13. The largest absolute Gasteiger partial charge is 0.315 e. The molecule has 3 heteroatoms. The third-order valence-electron chi connectivity index (χ3n) is 1.83. The fourth-order valence-corrected chi connectivity index (χ4v) is 1.16. The summed E-state index contributed by atoms with van der Waals surface area (Å²) in [5.41, 5.74) is 0. The van der Waals surface area contributed by atoms with Crippen molar-refractivity contribution >= 4 is 12.6 Å². The van der Waals surface area contributed by atoms with Crippen molar-refractivity contribution in [3.05, 3.63) is 0 Å². The summed E-state index contributed by atoms with van der Waals surface area (Å²) in [6.45, 7) is 3.45. The van der Waals surface area contributed by atoms with Crippen LogP contribution in [0.4, 0.5) is 0 Å². The van der Waals surface area contributed by atoms with Gasteiger partial charge in [-0.05, 0) is 31.7 Å². The molecule has 0 aromatic heterocycles. The van der Waals surface area contributed by atoms with Crippen LogP contribution in [0.5, 0.6) is 0 Å². The minimum atomic E-state index is 0.750. The molecule has 10 heavy (non-hydrogen) atoms. The van der Waals surface area contributed by atoms with Gasteiger partial charge >= 0.3 is 0 Å². The van der Waals surface area contributed by atoms with E-state index in [4.69, 9.17) is 0 Å². The molecular weight excluding hydrogens is 144 g/mol. The Balaban J connectivity index is 1.76. The number of hydrogen-bond donors (Lipinski definition) is 3. The van der Waals surface area contributed by atoms with Gasteiger partial charge in [0, 0.05) is 12.6 Å². The lowest BCUT2D eigenvalue weighted by Gasteiger charge is -2.27. The van der Waals surface area contributed by atoms with E-state index in [1.165, 1.54) is 19.4 Å². The molecule has 1 rings (SSSR count). The minimum absolute atomic E-state index is 0.750. The molecule has 2 nitrogen and oxygen atoms in total. The summed E-state index contributed by atoms with van der Waals surface area (Å²) in [6, 6.07) is 0.750. The first-order valence-electron chi connectivity index (χ1n) is 3.98. The molecule has 0 saturated carbocycles. The highest BCUT2D eigenvalue weighted by molar-refractivity contribution is 7.80. The highest BCUT2D eigenvalue weighted by Gasteiger charge is 2.14. The first-order valence-corrected chi connectivity index (χ1v) is 4.61. The van der Waals surface area contributed by atoms with Crippen LogP contribution in [-0.4, -0.2) is 31.4 Å². The summed E-state index contributed by atoms with van der Waals surface area (Å²) in [4.78, 5) is 0. The molecule has 1 heterocycles. The maximum absolute atomic E-state index is 4.13. The zero-order valence-corrected chi connectivity index (χ0v) is 7.16. The molecule has 60 valence electrons. The highest BCUT2D eigenvalue weighted by Crippen LogP contribution is 1.98. The maximum Gasteiger partial charge on any atom is 0.0204 e. The fraction of sp³-hybridized carbons (Fsp3) is 1.00. The van der Waals surface area contributed by atoms with Gasteiger partial charge in [-0.25, -0.2) is 0 Å². The van der Waals surface area contributed by atoms with Crippen LogP contribution in [0.3, 0.4) is 0 Å². The number of rotatable bonds is 5. The van der Waals surface area contributed by atoms with Gasteiger partial charge < -0.3 is 10.6 Å². The van der Waals surface area contributed by atoms with Gasteiger partial charge in [0.2, 0.25) is 0 Å². The molecular formula is C7H16N2S. The van der Waals surface area contributed by atoms with Crippen LogP contribution in [0.2, 0.25) is 0 Å². The number of hydrogen-bond acceptors (Lipinski definition) is 3. The normalized spacial score (nSPS) is 24.3. The molecule has 0 aromatic rings. The van der Waals surface area contributed by atoms with Crippen molar-refractivity contribution in [2.24, 2.45) is 0 Å². The lowest BCUT2D eigenvalue weighted by molar-refractivity contribution is 0.354. The minimum Gasteiger partial charge on any atom is -0.315 e. The van der Waals surface area contributed by atoms with Crippen LogP contribution in [0.25, 0.3) is 0 Å². The van der Waals surface area contributed by atoms with Crippen LogP contribution in [0, 0.1) is 0 Å². The molecule has 1 aliphatic rings. The Kier molecular flexibility index (Phi) is 4.18. The molecule has 0 radical (unpaired) electrons. The Morgan fingerprint density at radius 1 is 1.60 bits per heavy atom. The Morgan fingerprint density at radius 3 is 2.90 bits per heavy atom. The summed E-state index contributed by atoms with van der Waals surface area (Å²) in [6.07, 6.45) is 2.52. The van der Waals surface area contributed by atoms with E-state index in [1.54, 1.807) is 0 Å². The third kappa shape index (κ3) is 2.90. The molecule has 1 aliphatic heterocycles. The van der Waals surface area contributed by atoms with Gasteiger partial charge in [-0.15, -0.1) is 0 Å². The quantitative estimate of drug-likeness (QED) is 0.397. The zero-order valence-electron chi connectivity index (χ0n) is 6.27. The molecule has 0 aromatic carbocycles. The van der Waals surface area contributed by atoms with E-state index in [0.29, 0.717) is 0 Å². The van der Waals surface area contributed by atoms with E-state index in [2.05, 4.69) is 23.3 Å². The van der Waals surface area contributed by atoms with Crippen molar-refractivity contribution in [2.45, 2.75) is 18.9 Å². The summed E-state index contributed by atoms with van der Waals surface area (Å²) in [5.74, 6) is 0.991. The van der Waals surface area contributed by atoms with Crippen molar-refractivity contribution < 1.29 is 0 Å². The Labute approximate surface area is 68.2 Å². The average molecular weight is 160 g/mol. The lowest BCUT2D eigenvalue weighted by Crippen LogP contribution is -2.49. The number of nitrogens with one attached hydrogen (secondary N) is 2. The second-order valence-corrected chi connectivity index (χ2v) is 3.17. The predicted molar refractivity (Wildman–Crippen MR) is 47.7 cm³/mol. The summed E-state index contributed by atoms with van der Waals surface area (Å²) >= 11 is 4.13. The summed E-state index contributed by atoms with van der Waals surface area (Å²) in [7, 11) is 0. The SMILES string of the molecule is SCCCNCC1CCN1. The van der Waals surface area contributed by atoms with Gasteiger partial charge in [0.05, 0.1) is 0 Å². The fourth-order valence-electron chi connectivity index (χ4n) is 1.00. The first kappa shape index (κ1) is 8.37. The van der Waals surface area contributed by atoms with Gasteiger partial charge in [-0.3, -0.25) is 0 Å². The van der Waals surface area contributed by atoms with Crippen LogP contribution in [0.15, 0.2) is 0 Å². The monoisotopic (exact) mass is 160 g/mol. The van der Waals surface area contributed by atoms with E-state index >= 15 is 0 Å². The van der Waals surface area contributed by atoms with Crippen LogP contribution in [0.1, 0.15) is 12.8 Å². The molecule has 2 N–H and O–H groups in total. The standard InChI is InChI=1S/C7H16N2S/c10-5-1-3-8-6-7-2-4-9-7/h7-10H,1-6H2. The van der Waals surface area contributed by atoms with Crippen molar-refractivity contribution in [1.82, 2.24) is 10.6 Å². The van der Waals surface area contributed by atoms with Gasteiger partial charge in [-0.1, -0.05) is 0 Å². The van der Waals surface area contributed by atoms with Gasteiger partial charge in [0.15, 0.2) is 0 Å². The molecule has 1 fully saturated rings. The molecule has 1 unspecified atom stereocenters. The summed E-state index contributed by atoms with van der Waals surface area (Å²) in [5, 5.41) is 6.72. The van der Waals surface area contributed by atoms with Crippen LogP contribution < -0.4 is 10.6 Å². The van der Waals surface area contributed by atoms with E-state index in [1.807, 2.05) is 0 Å². The molecule has 0 bridgehead atoms. The topological polar surface area (TPSA) is 24.1 Å². The molecule has 0 amide bonds. The van der Waals surface area contributed by atoms with E-state index in [0.717, 1.165) is 24.9 Å². The van der Waals surface area contributed by atoms with E-state index < -0.39 is 0 Å². The van der Waals surface area contributed by atoms with Crippen molar-refractivity contribution in [3.63, 3.8) is 0 Å². The van der Waals surface area contributed by atoms with E-state index in [9.17, 15) is 0 Å². The van der Waals surface area contributed by atoms with Crippen LogP contribution in [-0.2, 0) is 0 Å². The van der Waals surface area contributed by atoms with Gasteiger partial charge in [0.1, 0.15) is 0 Å². The molecule has 1 atom stereocenters. The Morgan fingerprint density at radius 2 is 2.40 bits per heavy atom. The average Bonchev–Trinajstić information content (AvgIpc) is 1.84. The third-order valence-corrected chi connectivity index (χ3v) is 2.14. The van der Waals surface area contributed by atoms with E-state index in [-0.39, 0.29) is 0 Å². The zero-order chi connectivity index (χ0) is 7.23. The van der Waals surface area contributed by atoms with Gasteiger partial charge in [0.25, 0.3) is 0 Å². The number of thiol groups is 1. The molecule has 0 aliphatic carbocycles. The lowest BCUT2D eigenvalue weighted by atomic mass is 10.1.